The highest BCUT2D eigenvalue weighted by molar-refractivity contribution is 9.10. The number of anilines is 1. The molecule has 0 aliphatic carbocycles. The molecule has 0 radical (unpaired) electrons. The summed E-state index contributed by atoms with van der Waals surface area (Å²) in [5.41, 5.74) is 2.54. The number of hydrogen-bond donors (Lipinski definition) is 1. The van der Waals surface area contributed by atoms with Gasteiger partial charge in [0, 0.05) is 26.9 Å². The van der Waals surface area contributed by atoms with E-state index in [1.54, 1.807) is 0 Å². The Morgan fingerprint density at radius 3 is 2.62 bits per heavy atom. The van der Waals surface area contributed by atoms with Crippen LogP contribution in [0.1, 0.15) is 12.5 Å². The van der Waals surface area contributed by atoms with E-state index in [2.05, 4.69) is 83.3 Å². The Morgan fingerprint density at radius 1 is 1.19 bits per heavy atom. The van der Waals surface area contributed by atoms with E-state index in [1.165, 1.54) is 16.1 Å². The molecule has 0 heterocycles. The van der Waals surface area contributed by atoms with E-state index in [0.717, 1.165) is 16.6 Å². The molecule has 0 saturated heterocycles. The number of thioether (sulfide) groups is 1. The summed E-state index contributed by atoms with van der Waals surface area (Å²) >= 11 is 5.28. The lowest BCUT2D eigenvalue weighted by atomic mass is 10.1. The van der Waals surface area contributed by atoms with Crippen molar-refractivity contribution in [2.75, 3.05) is 11.1 Å². The fourth-order valence-corrected chi connectivity index (χ4v) is 3.17. The Balaban J connectivity index is 2.00. The van der Waals surface area contributed by atoms with Gasteiger partial charge >= 0.3 is 0 Å². The summed E-state index contributed by atoms with van der Waals surface area (Å²) in [6, 6.07) is 17.4. The van der Waals surface area contributed by atoms with Gasteiger partial charge in [-0.2, -0.15) is 0 Å². The maximum Gasteiger partial charge on any atom is 0.0480 e. The summed E-state index contributed by atoms with van der Waals surface area (Å²) in [5.74, 6) is 0.930. The number of halogens is 1. The molecule has 1 N–H and O–H groups in total. The fourth-order valence-electron chi connectivity index (χ4n) is 2.15. The number of benzene rings is 2. The normalized spacial score (nSPS) is 11.9. The van der Waals surface area contributed by atoms with Crippen LogP contribution in [-0.4, -0.2) is 11.8 Å². The van der Waals surface area contributed by atoms with E-state index >= 15 is 0 Å². The monoisotopic (exact) mass is 361 g/mol. The van der Waals surface area contributed by atoms with Crippen LogP contribution in [0.15, 0.2) is 70.6 Å². The summed E-state index contributed by atoms with van der Waals surface area (Å²) in [7, 11) is 0. The molecular weight excluding hydrogens is 342 g/mol. The maximum atomic E-state index is 3.78. The third-order valence-corrected chi connectivity index (χ3v) is 4.70. The van der Waals surface area contributed by atoms with E-state index in [9.17, 15) is 0 Å². The molecule has 0 aromatic heterocycles. The van der Waals surface area contributed by atoms with Crippen LogP contribution < -0.4 is 5.32 Å². The minimum atomic E-state index is 0.386. The van der Waals surface area contributed by atoms with Gasteiger partial charge in [-0.25, -0.2) is 0 Å². The van der Waals surface area contributed by atoms with Crippen molar-refractivity contribution in [2.45, 2.75) is 24.3 Å². The van der Waals surface area contributed by atoms with Crippen molar-refractivity contribution in [3.8, 4) is 0 Å². The summed E-state index contributed by atoms with van der Waals surface area (Å²) in [4.78, 5) is 1.28. The highest BCUT2D eigenvalue weighted by Crippen LogP contribution is 2.27. The lowest BCUT2D eigenvalue weighted by molar-refractivity contribution is 0.787. The van der Waals surface area contributed by atoms with E-state index in [-0.39, 0.29) is 0 Å². The number of rotatable bonds is 7. The minimum absolute atomic E-state index is 0.386. The van der Waals surface area contributed by atoms with Gasteiger partial charge in [0.25, 0.3) is 0 Å². The first kappa shape index (κ1) is 16.2. The van der Waals surface area contributed by atoms with Crippen molar-refractivity contribution in [2.24, 2.45) is 0 Å². The number of para-hydroxylation sites is 1. The zero-order valence-corrected chi connectivity index (χ0v) is 14.6. The Labute approximate surface area is 140 Å². The molecule has 0 saturated carbocycles. The van der Waals surface area contributed by atoms with Crippen molar-refractivity contribution < 1.29 is 0 Å². The van der Waals surface area contributed by atoms with Crippen LogP contribution in [0.2, 0.25) is 0 Å². The van der Waals surface area contributed by atoms with Crippen molar-refractivity contribution in [1.29, 1.82) is 0 Å². The van der Waals surface area contributed by atoms with E-state index in [1.807, 2.05) is 17.8 Å². The maximum absolute atomic E-state index is 3.78. The largest absolute Gasteiger partial charge is 0.381 e. The predicted octanol–water partition coefficient (Wildman–Crippen LogP) is 5.77. The summed E-state index contributed by atoms with van der Waals surface area (Å²) < 4.78 is 1.12. The molecule has 1 nitrogen and oxygen atoms in total. The number of hydrogen-bond acceptors (Lipinski definition) is 2. The van der Waals surface area contributed by atoms with Crippen LogP contribution in [0.25, 0.3) is 0 Å². The Kier molecular flexibility index (Phi) is 6.40. The Hall–Kier alpha value is -1.19. The molecule has 0 fully saturated rings. The first-order chi connectivity index (χ1) is 10.2. The summed E-state index contributed by atoms with van der Waals surface area (Å²) in [6.07, 6.45) is 2.94. The molecule has 1 atom stereocenters. The van der Waals surface area contributed by atoms with Crippen molar-refractivity contribution in [3.05, 3.63) is 71.2 Å². The average Bonchev–Trinajstić information content (AvgIpc) is 2.49. The van der Waals surface area contributed by atoms with E-state index in [0.29, 0.717) is 6.04 Å². The zero-order valence-electron chi connectivity index (χ0n) is 12.2. The van der Waals surface area contributed by atoms with Gasteiger partial charge in [0.1, 0.15) is 0 Å². The van der Waals surface area contributed by atoms with Gasteiger partial charge in [-0.05, 0) is 43.2 Å². The smallest absolute Gasteiger partial charge is 0.0480 e. The molecule has 0 spiro atoms. The molecule has 2 aromatic rings. The van der Waals surface area contributed by atoms with Gasteiger partial charge in [0.05, 0.1) is 0 Å². The quantitative estimate of drug-likeness (QED) is 0.496. The average molecular weight is 362 g/mol. The van der Waals surface area contributed by atoms with Gasteiger partial charge in [0.2, 0.25) is 0 Å². The van der Waals surface area contributed by atoms with Crippen LogP contribution in [0.5, 0.6) is 0 Å². The topological polar surface area (TPSA) is 12.0 Å². The van der Waals surface area contributed by atoms with E-state index in [4.69, 9.17) is 0 Å². The molecule has 110 valence electrons. The third-order valence-electron chi connectivity index (χ3n) is 3.10. The highest BCUT2D eigenvalue weighted by Gasteiger charge is 2.07. The molecule has 0 amide bonds. The Morgan fingerprint density at radius 2 is 1.90 bits per heavy atom. The highest BCUT2D eigenvalue weighted by atomic mass is 79.9. The van der Waals surface area contributed by atoms with Crippen molar-refractivity contribution in [3.63, 3.8) is 0 Å². The molecular formula is C18H20BrNS. The first-order valence-electron chi connectivity index (χ1n) is 7.02. The first-order valence-corrected chi connectivity index (χ1v) is 8.80. The molecule has 21 heavy (non-hydrogen) atoms. The number of nitrogens with one attached hydrogen (secondary N) is 1. The van der Waals surface area contributed by atoms with Crippen LogP contribution in [0.4, 0.5) is 5.69 Å². The van der Waals surface area contributed by atoms with E-state index < -0.39 is 0 Å². The van der Waals surface area contributed by atoms with Crippen LogP contribution in [0, 0.1) is 0 Å². The summed E-state index contributed by atoms with van der Waals surface area (Å²) in [6.45, 7) is 6.00. The standard InChI is InChI=1S/C18H20BrNS/c1-3-12-21-18-7-5-4-6-17(18)20-14(2)13-15-8-10-16(19)11-9-15/h3-11,14,20H,1,12-13H2,2H3. The third kappa shape index (κ3) is 5.25. The minimum Gasteiger partial charge on any atom is -0.381 e. The van der Waals surface area contributed by atoms with Gasteiger partial charge in [0.15, 0.2) is 0 Å². The molecule has 3 heteroatoms. The molecule has 2 aromatic carbocycles. The van der Waals surface area contributed by atoms with Crippen molar-refractivity contribution in [1.82, 2.24) is 0 Å². The Bertz CT molecular complexity index is 580. The molecule has 1 unspecified atom stereocenters. The lowest BCUT2D eigenvalue weighted by Crippen LogP contribution is -2.18. The second kappa shape index (κ2) is 8.30. The second-order valence-electron chi connectivity index (χ2n) is 4.97. The van der Waals surface area contributed by atoms with Crippen LogP contribution in [-0.2, 0) is 6.42 Å². The lowest BCUT2D eigenvalue weighted by Gasteiger charge is -2.18. The molecule has 2 rings (SSSR count). The zero-order chi connectivity index (χ0) is 15.1. The van der Waals surface area contributed by atoms with Crippen molar-refractivity contribution >= 4 is 33.4 Å². The fraction of sp³-hybridized carbons (Fsp3) is 0.222. The molecule has 0 bridgehead atoms. The van der Waals surface area contributed by atoms with Crippen LogP contribution in [0.3, 0.4) is 0 Å². The molecule has 0 aliphatic heterocycles. The predicted molar refractivity (Wildman–Crippen MR) is 98.3 cm³/mol. The van der Waals surface area contributed by atoms with Gasteiger partial charge < -0.3 is 5.32 Å². The van der Waals surface area contributed by atoms with Gasteiger partial charge in [-0.3, -0.25) is 0 Å². The van der Waals surface area contributed by atoms with Gasteiger partial charge in [-0.1, -0.05) is 46.3 Å². The van der Waals surface area contributed by atoms with Gasteiger partial charge in [-0.15, -0.1) is 18.3 Å². The van der Waals surface area contributed by atoms with Crippen LogP contribution >= 0.6 is 27.7 Å². The SMILES string of the molecule is C=CCSc1ccccc1NC(C)Cc1ccc(Br)cc1. The second-order valence-corrected chi connectivity index (χ2v) is 6.95. The summed E-state index contributed by atoms with van der Waals surface area (Å²) in [5, 5.41) is 3.62. The molecule has 0 aliphatic rings.